The van der Waals surface area contributed by atoms with Crippen molar-refractivity contribution in [1.29, 1.82) is 0 Å². The highest BCUT2D eigenvalue weighted by atomic mass is 16.5. The molecule has 5 nitrogen and oxygen atoms in total. The first-order chi connectivity index (χ1) is 11.5. The predicted octanol–water partition coefficient (Wildman–Crippen LogP) is 2.37. The minimum Gasteiger partial charge on any atom is -0.402 e. The number of ether oxygens (including phenoxy) is 1. The van der Waals surface area contributed by atoms with E-state index < -0.39 is 18.5 Å². The summed E-state index contributed by atoms with van der Waals surface area (Å²) in [7, 11) is -2.17. The molecule has 136 valence electrons. The lowest BCUT2D eigenvalue weighted by atomic mass is 9.89. The zero-order chi connectivity index (χ0) is 19.1. The van der Waals surface area contributed by atoms with Gasteiger partial charge in [0.15, 0.2) is 0 Å². The lowest BCUT2D eigenvalue weighted by Gasteiger charge is -2.37. The molecule has 0 unspecified atom stereocenters. The fourth-order valence-electron chi connectivity index (χ4n) is 1.86. The normalized spacial score (nSPS) is 11.5. The average molecular weight is 346 g/mol. The maximum atomic E-state index is 10.1. The van der Waals surface area contributed by atoms with Gasteiger partial charge in [-0.2, -0.15) is 0 Å². The van der Waals surface area contributed by atoms with Crippen LogP contribution in [0, 0.1) is 0 Å². The van der Waals surface area contributed by atoms with Crippen molar-refractivity contribution in [3.8, 4) is 11.1 Å². The topological polar surface area (TPSA) is 90.2 Å². The Labute approximate surface area is 149 Å². The molecular formula is C19H27BO5. The average Bonchev–Trinajstić information content (AvgIpc) is 2.53. The monoisotopic (exact) mass is 346 g/mol. The van der Waals surface area contributed by atoms with Gasteiger partial charge in [-0.25, -0.2) is 0 Å². The molecule has 0 fully saturated rings. The smallest absolute Gasteiger partial charge is 0.402 e. The first kappa shape index (κ1) is 21.3. The van der Waals surface area contributed by atoms with Crippen LogP contribution in [0.4, 0.5) is 0 Å². The van der Waals surface area contributed by atoms with Gasteiger partial charge in [0.1, 0.15) is 0 Å². The summed E-state index contributed by atoms with van der Waals surface area (Å²) in [5.41, 5.74) is 2.04. The van der Waals surface area contributed by atoms with Crippen LogP contribution < -0.4 is 0 Å². The van der Waals surface area contributed by atoms with Crippen molar-refractivity contribution in [2.75, 3.05) is 0 Å². The van der Waals surface area contributed by atoms with E-state index in [0.717, 1.165) is 5.56 Å². The van der Waals surface area contributed by atoms with Crippen LogP contribution in [0.3, 0.4) is 0 Å². The highest BCUT2D eigenvalue weighted by Crippen LogP contribution is 2.27. The number of hydrogen-bond donors (Lipinski definition) is 4. The second kappa shape index (κ2) is 9.13. The van der Waals surface area contributed by atoms with E-state index in [1.54, 1.807) is 13.8 Å². The summed E-state index contributed by atoms with van der Waals surface area (Å²) < 4.78 is 5.88. The Morgan fingerprint density at radius 1 is 0.800 bits per heavy atom. The molecule has 2 aromatic rings. The molecule has 0 aliphatic heterocycles. The second-order valence-electron chi connectivity index (χ2n) is 6.77. The van der Waals surface area contributed by atoms with E-state index in [9.17, 15) is 5.11 Å². The van der Waals surface area contributed by atoms with Crippen LogP contribution in [-0.2, 0) is 11.3 Å². The highest BCUT2D eigenvalue weighted by molar-refractivity contribution is 6.30. The van der Waals surface area contributed by atoms with Crippen LogP contribution in [-0.4, -0.2) is 38.7 Å². The Morgan fingerprint density at radius 3 is 1.68 bits per heavy atom. The Hall–Kier alpha value is -1.70. The summed E-state index contributed by atoms with van der Waals surface area (Å²) in [5, 5.41) is 31.6. The molecule has 0 bridgehead atoms. The fourth-order valence-corrected chi connectivity index (χ4v) is 1.86. The third-order valence-corrected chi connectivity index (χ3v) is 4.13. The van der Waals surface area contributed by atoms with Crippen LogP contribution in [0.25, 0.3) is 11.1 Å². The summed E-state index contributed by atoms with van der Waals surface area (Å²) in [4.78, 5) is 0. The molecule has 0 aliphatic rings. The molecule has 2 aromatic carbocycles. The first-order valence-corrected chi connectivity index (χ1v) is 8.08. The molecule has 6 heteroatoms. The van der Waals surface area contributed by atoms with Gasteiger partial charge in [-0.15, -0.1) is 0 Å². The minimum absolute atomic E-state index is 0.492. The Morgan fingerprint density at radius 2 is 1.24 bits per heavy atom. The molecule has 0 radical (unpaired) electrons. The number of hydrogen-bond acceptors (Lipinski definition) is 5. The maximum Gasteiger partial charge on any atom is 0.631 e. The third kappa shape index (κ3) is 7.38. The van der Waals surface area contributed by atoms with Crippen LogP contribution in [0.2, 0.25) is 0 Å². The molecule has 0 aliphatic carbocycles. The van der Waals surface area contributed by atoms with E-state index in [1.807, 2.05) is 32.0 Å². The first-order valence-electron chi connectivity index (χ1n) is 8.08. The van der Waals surface area contributed by atoms with Crippen LogP contribution in [0.15, 0.2) is 54.6 Å². The van der Waals surface area contributed by atoms with Crippen molar-refractivity contribution < 1.29 is 24.9 Å². The highest BCUT2D eigenvalue weighted by Gasteiger charge is 2.35. The molecule has 0 heterocycles. The predicted molar refractivity (Wildman–Crippen MR) is 99.5 cm³/mol. The van der Waals surface area contributed by atoms with E-state index >= 15 is 0 Å². The van der Waals surface area contributed by atoms with Crippen molar-refractivity contribution >= 4 is 7.32 Å². The van der Waals surface area contributed by atoms with Crippen molar-refractivity contribution in [2.45, 2.75) is 45.5 Å². The van der Waals surface area contributed by atoms with Gasteiger partial charge in [0.05, 0.1) is 17.8 Å². The maximum absolute atomic E-state index is 10.1. The van der Waals surface area contributed by atoms with Crippen LogP contribution in [0.5, 0.6) is 0 Å². The lowest BCUT2D eigenvalue weighted by Crippen LogP contribution is -2.47. The summed E-state index contributed by atoms with van der Waals surface area (Å²) >= 11 is 0. The molecule has 0 atom stereocenters. The summed E-state index contributed by atoms with van der Waals surface area (Å²) in [6.07, 6.45) is 0. The Kier molecular flexibility index (Phi) is 7.79. The molecule has 0 aromatic heterocycles. The van der Waals surface area contributed by atoms with E-state index in [2.05, 4.69) is 36.4 Å². The van der Waals surface area contributed by atoms with Gasteiger partial charge < -0.3 is 24.9 Å². The van der Waals surface area contributed by atoms with Gasteiger partial charge in [-0.05, 0) is 44.4 Å². The Balaban J connectivity index is 0.000000705. The fraction of sp³-hybridized carbons (Fsp3) is 0.368. The quantitative estimate of drug-likeness (QED) is 0.624. The largest absolute Gasteiger partial charge is 0.631 e. The molecule has 4 N–H and O–H groups in total. The van der Waals surface area contributed by atoms with Crippen molar-refractivity contribution in [3.05, 3.63) is 60.2 Å². The van der Waals surface area contributed by atoms with Crippen molar-refractivity contribution in [2.24, 2.45) is 0 Å². The minimum atomic E-state index is -2.17. The van der Waals surface area contributed by atoms with Crippen LogP contribution >= 0.6 is 0 Å². The zero-order valence-electron chi connectivity index (χ0n) is 15.2. The summed E-state index contributed by atoms with van der Waals surface area (Å²) in [6.45, 7) is 7.85. The second-order valence-corrected chi connectivity index (χ2v) is 6.77. The molecule has 0 amide bonds. The molecule has 0 saturated heterocycles. The molecule has 0 saturated carbocycles. The van der Waals surface area contributed by atoms with E-state index in [1.165, 1.54) is 11.1 Å². The molecule has 2 rings (SSSR count). The van der Waals surface area contributed by atoms with Gasteiger partial charge in [0.25, 0.3) is 0 Å². The SMILES string of the molecule is CC(C)(O)C(C)(C)OCc1ccc(-c2ccccc2)cc1.OB(O)O. The number of rotatable bonds is 5. The van der Waals surface area contributed by atoms with E-state index in [4.69, 9.17) is 19.8 Å². The van der Waals surface area contributed by atoms with Gasteiger partial charge in [0, 0.05) is 0 Å². The van der Waals surface area contributed by atoms with Gasteiger partial charge in [-0.1, -0.05) is 54.6 Å². The van der Waals surface area contributed by atoms with Gasteiger partial charge >= 0.3 is 7.32 Å². The van der Waals surface area contributed by atoms with Gasteiger partial charge in [-0.3, -0.25) is 0 Å². The summed E-state index contributed by atoms with van der Waals surface area (Å²) in [5.74, 6) is 0. The standard InChI is InChI=1S/C19H24O2.BH3O3/c1-18(2,20)19(3,4)21-14-15-10-12-17(13-11-15)16-8-6-5-7-9-16;2-1(3)4/h5-13,20H,14H2,1-4H3;2-4H. The van der Waals surface area contributed by atoms with E-state index in [0.29, 0.717) is 6.61 Å². The van der Waals surface area contributed by atoms with Crippen molar-refractivity contribution in [3.63, 3.8) is 0 Å². The number of benzene rings is 2. The molecule has 0 spiro atoms. The Bertz CT molecular complexity index is 616. The van der Waals surface area contributed by atoms with Crippen molar-refractivity contribution in [1.82, 2.24) is 0 Å². The molecule has 25 heavy (non-hydrogen) atoms. The zero-order valence-corrected chi connectivity index (χ0v) is 15.2. The molecular weight excluding hydrogens is 319 g/mol. The lowest BCUT2D eigenvalue weighted by molar-refractivity contribution is -0.153. The number of aliphatic hydroxyl groups is 1. The third-order valence-electron chi connectivity index (χ3n) is 4.13. The van der Waals surface area contributed by atoms with Gasteiger partial charge in [0.2, 0.25) is 0 Å². The van der Waals surface area contributed by atoms with E-state index in [-0.39, 0.29) is 0 Å². The van der Waals surface area contributed by atoms with Crippen LogP contribution in [0.1, 0.15) is 33.3 Å². The summed E-state index contributed by atoms with van der Waals surface area (Å²) in [6, 6.07) is 18.6.